The van der Waals surface area contributed by atoms with Crippen molar-refractivity contribution in [2.45, 2.75) is 42.3 Å². The van der Waals surface area contributed by atoms with Gasteiger partial charge in [0, 0.05) is 24.9 Å². The lowest BCUT2D eigenvalue weighted by atomic mass is 9.73. The number of carbonyl (C=O) groups excluding carboxylic acids is 1. The molecular weight excluding hydrogens is 396 g/mol. The lowest BCUT2D eigenvalue weighted by Crippen LogP contribution is -2.62. The number of hydrogen-bond donors (Lipinski definition) is 0. The van der Waals surface area contributed by atoms with Crippen molar-refractivity contribution in [3.05, 3.63) is 69.8 Å². The van der Waals surface area contributed by atoms with Crippen molar-refractivity contribution < 1.29 is 22.9 Å². The zero-order valence-electron chi connectivity index (χ0n) is 15.9. The molecule has 1 aliphatic carbocycles. The van der Waals surface area contributed by atoms with Crippen LogP contribution in [-0.4, -0.2) is 38.4 Å². The van der Waals surface area contributed by atoms with Crippen LogP contribution in [0.1, 0.15) is 24.0 Å². The van der Waals surface area contributed by atoms with E-state index in [4.69, 9.17) is 4.74 Å². The summed E-state index contributed by atoms with van der Waals surface area (Å²) in [5, 5.41) is 12.4. The molecule has 1 aliphatic heterocycles. The Morgan fingerprint density at radius 2 is 1.79 bits per heavy atom. The van der Waals surface area contributed by atoms with Crippen LogP contribution in [0.25, 0.3) is 0 Å². The van der Waals surface area contributed by atoms with Crippen molar-refractivity contribution in [3.8, 4) is 0 Å². The zero-order valence-corrected chi connectivity index (χ0v) is 16.8. The molecule has 0 unspecified atom stereocenters. The standard InChI is InChI=1S/C20H20N2O6S/c1-13-7-9-15(10-8-13)29(26,27)21-17-6-4-3-5-16(17)20(22(24)25)18(21)11-14(23)12-19(20)28-2/h3-10,18-19H,11-12H2,1-2H3/t18-,19+,20+/m0/s1. The summed E-state index contributed by atoms with van der Waals surface area (Å²) in [5.74, 6) is -0.267. The number of anilines is 1. The second-order valence-electron chi connectivity index (χ2n) is 7.40. The van der Waals surface area contributed by atoms with E-state index in [1.54, 1.807) is 36.4 Å². The fourth-order valence-electron chi connectivity index (χ4n) is 4.54. The molecule has 29 heavy (non-hydrogen) atoms. The van der Waals surface area contributed by atoms with Crippen molar-refractivity contribution in [1.82, 2.24) is 0 Å². The molecule has 3 atom stereocenters. The molecule has 152 valence electrons. The van der Waals surface area contributed by atoms with Crippen LogP contribution in [0, 0.1) is 17.0 Å². The van der Waals surface area contributed by atoms with Gasteiger partial charge in [0.2, 0.25) is 0 Å². The maximum Gasteiger partial charge on any atom is 0.296 e. The summed E-state index contributed by atoms with van der Waals surface area (Å²) >= 11 is 0. The molecule has 0 spiro atoms. The largest absolute Gasteiger partial charge is 0.373 e. The molecule has 2 aromatic carbocycles. The highest BCUT2D eigenvalue weighted by Crippen LogP contribution is 2.54. The number of aryl methyl sites for hydroxylation is 1. The van der Waals surface area contributed by atoms with Crippen molar-refractivity contribution in [3.63, 3.8) is 0 Å². The number of benzene rings is 2. The number of hydrogen-bond acceptors (Lipinski definition) is 6. The fourth-order valence-corrected chi connectivity index (χ4v) is 6.24. The molecule has 0 bridgehead atoms. The van der Waals surface area contributed by atoms with E-state index in [9.17, 15) is 23.3 Å². The molecule has 0 amide bonds. The summed E-state index contributed by atoms with van der Waals surface area (Å²) in [7, 11) is -2.83. The number of para-hydroxylation sites is 1. The van der Waals surface area contributed by atoms with Gasteiger partial charge in [-0.25, -0.2) is 8.42 Å². The first-order chi connectivity index (χ1) is 13.7. The minimum absolute atomic E-state index is 0.0176. The van der Waals surface area contributed by atoms with Gasteiger partial charge in [0.25, 0.3) is 15.6 Å². The third-order valence-corrected chi connectivity index (χ3v) is 7.69. The molecule has 9 heteroatoms. The maximum atomic E-state index is 13.6. The van der Waals surface area contributed by atoms with Crippen LogP contribution in [0.15, 0.2) is 53.4 Å². The summed E-state index contributed by atoms with van der Waals surface area (Å²) in [6.07, 6.45) is -1.45. The molecule has 0 aromatic heterocycles. The average molecular weight is 416 g/mol. The first-order valence-electron chi connectivity index (χ1n) is 9.14. The quantitative estimate of drug-likeness (QED) is 0.560. The first kappa shape index (κ1) is 19.5. The summed E-state index contributed by atoms with van der Waals surface area (Å²) in [5.41, 5.74) is -0.494. The van der Waals surface area contributed by atoms with Gasteiger partial charge in [-0.3, -0.25) is 19.2 Å². The highest BCUT2D eigenvalue weighted by atomic mass is 32.2. The lowest BCUT2D eigenvalue weighted by Gasteiger charge is -2.39. The maximum absolute atomic E-state index is 13.6. The number of sulfonamides is 1. The summed E-state index contributed by atoms with van der Waals surface area (Å²) in [4.78, 5) is 24.4. The van der Waals surface area contributed by atoms with E-state index in [2.05, 4.69) is 0 Å². The first-order valence-corrected chi connectivity index (χ1v) is 10.6. The molecule has 1 heterocycles. The summed E-state index contributed by atoms with van der Waals surface area (Å²) < 4.78 is 33.6. The van der Waals surface area contributed by atoms with Crippen LogP contribution in [0.5, 0.6) is 0 Å². The highest BCUT2D eigenvalue weighted by molar-refractivity contribution is 7.92. The third-order valence-electron chi connectivity index (χ3n) is 5.85. The number of methoxy groups -OCH3 is 1. The Morgan fingerprint density at radius 1 is 1.14 bits per heavy atom. The molecule has 1 saturated carbocycles. The van der Waals surface area contributed by atoms with Crippen LogP contribution in [0.2, 0.25) is 0 Å². The van der Waals surface area contributed by atoms with Gasteiger partial charge in [-0.2, -0.15) is 0 Å². The molecule has 0 radical (unpaired) electrons. The van der Waals surface area contributed by atoms with Gasteiger partial charge in [-0.05, 0) is 31.2 Å². The second kappa shape index (κ2) is 6.64. The van der Waals surface area contributed by atoms with Gasteiger partial charge < -0.3 is 4.74 Å². The fraction of sp³-hybridized carbons (Fsp3) is 0.350. The number of carbonyl (C=O) groups is 1. The van der Waals surface area contributed by atoms with E-state index >= 15 is 0 Å². The Balaban J connectivity index is 2.00. The number of nitrogens with zero attached hydrogens (tertiary/aromatic N) is 2. The predicted octanol–water partition coefficient (Wildman–Crippen LogP) is 2.42. The monoisotopic (exact) mass is 416 g/mol. The van der Waals surface area contributed by atoms with Crippen LogP contribution >= 0.6 is 0 Å². The van der Waals surface area contributed by atoms with Crippen LogP contribution in [-0.2, 0) is 25.1 Å². The molecular formula is C20H20N2O6S. The Morgan fingerprint density at radius 3 is 2.41 bits per heavy atom. The average Bonchev–Trinajstić information content (AvgIpc) is 2.99. The summed E-state index contributed by atoms with van der Waals surface area (Å²) in [6.45, 7) is 1.84. The molecule has 1 fully saturated rings. The Labute approximate surface area is 168 Å². The van der Waals surface area contributed by atoms with E-state index in [0.717, 1.165) is 9.87 Å². The summed E-state index contributed by atoms with van der Waals surface area (Å²) in [6, 6.07) is 11.4. The molecule has 4 rings (SSSR count). The van der Waals surface area contributed by atoms with Crippen molar-refractivity contribution in [2.24, 2.45) is 0 Å². The lowest BCUT2D eigenvalue weighted by molar-refractivity contribution is -0.596. The topological polar surface area (TPSA) is 107 Å². The smallest absolute Gasteiger partial charge is 0.296 e. The van der Waals surface area contributed by atoms with Crippen LogP contribution in [0.3, 0.4) is 0 Å². The molecule has 0 saturated heterocycles. The number of fused-ring (bicyclic) bond motifs is 3. The van der Waals surface area contributed by atoms with Gasteiger partial charge >= 0.3 is 0 Å². The van der Waals surface area contributed by atoms with E-state index in [1.165, 1.54) is 19.2 Å². The molecule has 2 aromatic rings. The van der Waals surface area contributed by atoms with Crippen molar-refractivity contribution in [1.29, 1.82) is 0 Å². The number of ketones is 1. The van der Waals surface area contributed by atoms with E-state index in [1.807, 2.05) is 6.92 Å². The number of Topliss-reactive ketones (excluding diaryl/α,β-unsaturated/α-hetero) is 1. The van der Waals surface area contributed by atoms with Gasteiger partial charge in [0.05, 0.1) is 16.1 Å². The Kier molecular flexibility index (Phi) is 4.47. The van der Waals surface area contributed by atoms with Crippen molar-refractivity contribution >= 4 is 21.5 Å². The molecule has 0 N–H and O–H groups in total. The van der Waals surface area contributed by atoms with E-state index in [0.29, 0.717) is 0 Å². The predicted molar refractivity (Wildman–Crippen MR) is 105 cm³/mol. The van der Waals surface area contributed by atoms with E-state index in [-0.39, 0.29) is 34.8 Å². The van der Waals surface area contributed by atoms with Crippen molar-refractivity contribution in [2.75, 3.05) is 11.4 Å². The SMILES string of the molecule is CO[C@@H]1CC(=O)C[C@@H]2N(S(=O)(=O)c3ccc(C)cc3)c3ccccc3[C@@]21[N+](=O)[O-]. The zero-order chi connectivity index (χ0) is 21.0. The number of nitro groups is 1. The minimum Gasteiger partial charge on any atom is -0.373 e. The van der Waals surface area contributed by atoms with Gasteiger partial charge in [0.1, 0.15) is 17.9 Å². The van der Waals surface area contributed by atoms with Gasteiger partial charge in [-0.15, -0.1) is 0 Å². The van der Waals surface area contributed by atoms with Gasteiger partial charge in [0.15, 0.2) is 0 Å². The Hall–Kier alpha value is -2.78. The number of ether oxygens (including phenoxy) is 1. The van der Waals surface area contributed by atoms with E-state index < -0.39 is 32.6 Å². The molecule has 8 nitrogen and oxygen atoms in total. The number of rotatable bonds is 4. The highest BCUT2D eigenvalue weighted by Gasteiger charge is 2.70. The second-order valence-corrected chi connectivity index (χ2v) is 9.22. The minimum atomic E-state index is -4.14. The van der Waals surface area contributed by atoms with Crippen LogP contribution in [0.4, 0.5) is 5.69 Å². The van der Waals surface area contributed by atoms with Crippen LogP contribution < -0.4 is 4.31 Å². The third kappa shape index (κ3) is 2.61. The van der Waals surface area contributed by atoms with Gasteiger partial charge in [-0.1, -0.05) is 29.8 Å². The Bertz CT molecular complexity index is 1100. The molecule has 2 aliphatic rings. The normalized spacial score (nSPS) is 26.1.